The number of nitrogens with one attached hydrogen (secondary N) is 1. The van der Waals surface area contributed by atoms with Crippen molar-refractivity contribution in [1.82, 2.24) is 10.3 Å². The number of hydrogen-bond acceptors (Lipinski definition) is 4. The Labute approximate surface area is 125 Å². The van der Waals surface area contributed by atoms with Crippen molar-refractivity contribution in [3.63, 3.8) is 0 Å². The minimum Gasteiger partial charge on any atom is -0.348 e. The average molecular weight is 295 g/mol. The summed E-state index contributed by atoms with van der Waals surface area (Å²) in [5.74, 6) is 0.478. The summed E-state index contributed by atoms with van der Waals surface area (Å²) in [6.07, 6.45) is 4.12. The number of rotatable bonds is 4. The topological polar surface area (TPSA) is 68.0 Å². The monoisotopic (exact) mass is 295 g/mol. The summed E-state index contributed by atoms with van der Waals surface area (Å²) < 4.78 is 0. The molecule has 1 aliphatic rings. The molecule has 0 spiro atoms. The van der Waals surface area contributed by atoms with E-state index in [0.717, 1.165) is 30.7 Å². The SMILES string of the molecule is CC1CC(C)(C)CCC1NC(=O)c1csc(CCN)n1. The predicted octanol–water partition coefficient (Wildman–Crippen LogP) is 2.59. The van der Waals surface area contributed by atoms with E-state index >= 15 is 0 Å². The Morgan fingerprint density at radius 3 is 3.00 bits per heavy atom. The molecule has 4 nitrogen and oxygen atoms in total. The van der Waals surface area contributed by atoms with Crippen molar-refractivity contribution in [1.29, 1.82) is 0 Å². The van der Waals surface area contributed by atoms with Gasteiger partial charge in [0.25, 0.3) is 5.91 Å². The first-order valence-electron chi connectivity index (χ1n) is 7.36. The summed E-state index contributed by atoms with van der Waals surface area (Å²) in [5.41, 5.74) is 6.44. The van der Waals surface area contributed by atoms with E-state index in [1.807, 2.05) is 5.38 Å². The fraction of sp³-hybridized carbons (Fsp3) is 0.733. The molecule has 0 aromatic carbocycles. The molecule has 0 bridgehead atoms. The number of carbonyl (C=O) groups is 1. The van der Waals surface area contributed by atoms with Gasteiger partial charge in [0.05, 0.1) is 5.01 Å². The fourth-order valence-electron chi connectivity index (χ4n) is 3.06. The molecule has 0 saturated heterocycles. The number of amides is 1. The van der Waals surface area contributed by atoms with Gasteiger partial charge in [0, 0.05) is 17.8 Å². The molecule has 1 aliphatic carbocycles. The van der Waals surface area contributed by atoms with Crippen molar-refractivity contribution >= 4 is 17.2 Å². The first kappa shape index (κ1) is 15.4. The third-order valence-electron chi connectivity index (χ3n) is 4.15. The van der Waals surface area contributed by atoms with Crippen LogP contribution >= 0.6 is 11.3 Å². The van der Waals surface area contributed by atoms with E-state index in [4.69, 9.17) is 5.73 Å². The highest BCUT2D eigenvalue weighted by molar-refractivity contribution is 7.09. The Hall–Kier alpha value is -0.940. The minimum atomic E-state index is -0.0407. The summed E-state index contributed by atoms with van der Waals surface area (Å²) in [4.78, 5) is 16.6. The van der Waals surface area contributed by atoms with E-state index in [-0.39, 0.29) is 11.9 Å². The molecule has 0 radical (unpaired) electrons. The Morgan fingerprint density at radius 2 is 2.35 bits per heavy atom. The zero-order chi connectivity index (χ0) is 14.8. The molecule has 1 aromatic heterocycles. The summed E-state index contributed by atoms with van der Waals surface area (Å²) in [5, 5.41) is 5.92. The number of nitrogens with zero attached hydrogens (tertiary/aromatic N) is 1. The third kappa shape index (κ3) is 3.79. The highest BCUT2D eigenvalue weighted by Crippen LogP contribution is 2.38. The molecular formula is C15H25N3OS. The number of nitrogens with two attached hydrogens (primary N) is 1. The minimum absolute atomic E-state index is 0.0407. The van der Waals surface area contributed by atoms with Crippen molar-refractivity contribution in [3.05, 3.63) is 16.1 Å². The van der Waals surface area contributed by atoms with Crippen LogP contribution in [-0.4, -0.2) is 23.5 Å². The molecule has 1 heterocycles. The van der Waals surface area contributed by atoms with Gasteiger partial charge in [0.1, 0.15) is 5.69 Å². The second-order valence-corrected chi connectivity index (χ2v) is 7.57. The zero-order valence-electron chi connectivity index (χ0n) is 12.6. The molecule has 2 atom stereocenters. The fourth-order valence-corrected chi connectivity index (χ4v) is 3.85. The van der Waals surface area contributed by atoms with Crippen LogP contribution in [0.3, 0.4) is 0 Å². The first-order chi connectivity index (χ1) is 9.41. The summed E-state index contributed by atoms with van der Waals surface area (Å²) in [7, 11) is 0. The molecule has 1 amide bonds. The van der Waals surface area contributed by atoms with Gasteiger partial charge in [0.2, 0.25) is 0 Å². The summed E-state index contributed by atoms with van der Waals surface area (Å²) in [6, 6.07) is 0.273. The summed E-state index contributed by atoms with van der Waals surface area (Å²) >= 11 is 1.51. The largest absolute Gasteiger partial charge is 0.348 e. The molecule has 2 unspecified atom stereocenters. The van der Waals surface area contributed by atoms with E-state index < -0.39 is 0 Å². The number of thiazole rings is 1. The van der Waals surface area contributed by atoms with Gasteiger partial charge in [-0.05, 0) is 37.1 Å². The highest BCUT2D eigenvalue weighted by atomic mass is 32.1. The van der Waals surface area contributed by atoms with Crippen LogP contribution in [-0.2, 0) is 6.42 Å². The van der Waals surface area contributed by atoms with Crippen LogP contribution in [0.15, 0.2) is 5.38 Å². The van der Waals surface area contributed by atoms with Gasteiger partial charge in [-0.2, -0.15) is 0 Å². The Kier molecular flexibility index (Phi) is 4.81. The number of hydrogen-bond donors (Lipinski definition) is 2. The van der Waals surface area contributed by atoms with Crippen molar-refractivity contribution in [2.45, 2.75) is 52.5 Å². The van der Waals surface area contributed by atoms with Crippen LogP contribution in [0.25, 0.3) is 0 Å². The Morgan fingerprint density at radius 1 is 1.60 bits per heavy atom. The van der Waals surface area contributed by atoms with Crippen LogP contribution in [0.2, 0.25) is 0 Å². The van der Waals surface area contributed by atoms with Crippen LogP contribution in [0.5, 0.6) is 0 Å². The van der Waals surface area contributed by atoms with E-state index in [1.165, 1.54) is 11.3 Å². The van der Waals surface area contributed by atoms with Crippen LogP contribution < -0.4 is 11.1 Å². The van der Waals surface area contributed by atoms with Gasteiger partial charge >= 0.3 is 0 Å². The lowest BCUT2D eigenvalue weighted by Crippen LogP contribution is -2.44. The molecule has 1 fully saturated rings. The van der Waals surface area contributed by atoms with Crippen molar-refractivity contribution in [2.75, 3.05) is 6.54 Å². The average Bonchev–Trinajstić information content (AvgIpc) is 2.81. The van der Waals surface area contributed by atoms with Gasteiger partial charge in [0.15, 0.2) is 0 Å². The zero-order valence-corrected chi connectivity index (χ0v) is 13.4. The third-order valence-corrected chi connectivity index (χ3v) is 5.06. The molecule has 2 rings (SSSR count). The molecule has 0 aliphatic heterocycles. The van der Waals surface area contributed by atoms with E-state index in [0.29, 0.717) is 23.6 Å². The predicted molar refractivity (Wildman–Crippen MR) is 82.9 cm³/mol. The Balaban J connectivity index is 1.94. The second-order valence-electron chi connectivity index (χ2n) is 6.63. The molecule has 1 aromatic rings. The second kappa shape index (κ2) is 6.22. The lowest BCUT2D eigenvalue weighted by atomic mass is 9.70. The van der Waals surface area contributed by atoms with Gasteiger partial charge in [-0.25, -0.2) is 4.98 Å². The number of aromatic nitrogens is 1. The van der Waals surface area contributed by atoms with Gasteiger partial charge in [-0.3, -0.25) is 4.79 Å². The molecule has 112 valence electrons. The van der Waals surface area contributed by atoms with Gasteiger partial charge < -0.3 is 11.1 Å². The van der Waals surface area contributed by atoms with Crippen molar-refractivity contribution < 1.29 is 4.79 Å². The van der Waals surface area contributed by atoms with E-state index in [9.17, 15) is 4.79 Å². The van der Waals surface area contributed by atoms with Crippen molar-refractivity contribution in [2.24, 2.45) is 17.1 Å². The number of carbonyl (C=O) groups excluding carboxylic acids is 1. The lowest BCUT2D eigenvalue weighted by molar-refractivity contribution is 0.0857. The quantitative estimate of drug-likeness (QED) is 0.897. The smallest absolute Gasteiger partial charge is 0.270 e. The maximum absolute atomic E-state index is 12.2. The highest BCUT2D eigenvalue weighted by Gasteiger charge is 2.33. The molecule has 20 heavy (non-hydrogen) atoms. The van der Waals surface area contributed by atoms with Crippen molar-refractivity contribution in [3.8, 4) is 0 Å². The van der Waals surface area contributed by atoms with Gasteiger partial charge in [-0.15, -0.1) is 11.3 Å². The normalized spacial score (nSPS) is 25.4. The first-order valence-corrected chi connectivity index (χ1v) is 8.24. The van der Waals surface area contributed by atoms with Gasteiger partial charge in [-0.1, -0.05) is 20.8 Å². The maximum atomic E-state index is 12.2. The Bertz CT molecular complexity index is 469. The van der Waals surface area contributed by atoms with Crippen LogP contribution in [0.4, 0.5) is 0 Å². The van der Waals surface area contributed by atoms with Crippen LogP contribution in [0.1, 0.15) is 55.5 Å². The molecule has 1 saturated carbocycles. The maximum Gasteiger partial charge on any atom is 0.270 e. The standard InChI is InChI=1S/C15H25N3OS/c1-10-8-15(2,3)6-4-11(10)18-14(19)12-9-20-13(17-12)5-7-16/h9-11H,4-8,16H2,1-3H3,(H,18,19). The molecule has 3 N–H and O–H groups in total. The van der Waals surface area contributed by atoms with E-state index in [2.05, 4.69) is 31.1 Å². The lowest BCUT2D eigenvalue weighted by Gasteiger charge is -2.39. The van der Waals surface area contributed by atoms with Crippen LogP contribution in [0, 0.1) is 11.3 Å². The summed E-state index contributed by atoms with van der Waals surface area (Å²) in [6.45, 7) is 7.41. The molecule has 5 heteroatoms. The molecular weight excluding hydrogens is 270 g/mol. The van der Waals surface area contributed by atoms with E-state index in [1.54, 1.807) is 0 Å².